The van der Waals surface area contributed by atoms with Crippen molar-refractivity contribution in [3.05, 3.63) is 84.3 Å². The molecule has 6 nitrogen and oxygen atoms in total. The fraction of sp³-hybridized carbons (Fsp3) is 0. The highest BCUT2D eigenvalue weighted by atomic mass is 15.3. The summed E-state index contributed by atoms with van der Waals surface area (Å²) in [6, 6.07) is 18.4. The molecular weight excluding hydrogens is 300 g/mol. The van der Waals surface area contributed by atoms with Gasteiger partial charge in [-0.15, -0.1) is 0 Å². The number of nitrogens with zero attached hydrogens (tertiary/aromatic N) is 4. The van der Waals surface area contributed by atoms with Crippen molar-refractivity contribution in [3.63, 3.8) is 0 Å². The molecule has 0 atom stereocenters. The van der Waals surface area contributed by atoms with E-state index in [1.807, 2.05) is 36.4 Å². The van der Waals surface area contributed by atoms with Crippen molar-refractivity contribution in [1.29, 1.82) is 0 Å². The van der Waals surface area contributed by atoms with Gasteiger partial charge in [-0.3, -0.25) is 0 Å². The Bertz CT molecular complexity index is 834. The number of H-pyrrole nitrogens is 2. The molecule has 0 radical (unpaired) electrons. The molecule has 0 spiro atoms. The molecule has 0 aliphatic heterocycles. The average Bonchev–Trinajstić information content (AvgIpc) is 3.37. The van der Waals surface area contributed by atoms with Crippen LogP contribution in [-0.4, -0.2) is 30.8 Å². The minimum atomic E-state index is 0.855. The van der Waals surface area contributed by atoms with E-state index in [9.17, 15) is 0 Å². The summed E-state index contributed by atoms with van der Waals surface area (Å²) in [7, 11) is 0. The molecule has 0 aliphatic carbocycles. The highest BCUT2D eigenvalue weighted by Crippen LogP contribution is 2.22. The lowest BCUT2D eigenvalue weighted by Crippen LogP contribution is -1.83. The van der Waals surface area contributed by atoms with Crippen LogP contribution >= 0.6 is 0 Å². The second-order valence-electron chi connectivity index (χ2n) is 4.84. The van der Waals surface area contributed by atoms with Crippen molar-refractivity contribution in [1.82, 2.24) is 30.8 Å². The Balaban J connectivity index is 0.000000290. The predicted molar refractivity (Wildman–Crippen MR) is 93.6 cm³/mol. The van der Waals surface area contributed by atoms with Crippen molar-refractivity contribution in [2.45, 2.75) is 0 Å². The molecule has 2 N–H and O–H groups in total. The van der Waals surface area contributed by atoms with E-state index in [-0.39, 0.29) is 0 Å². The molecule has 2 aromatic carbocycles. The van der Waals surface area contributed by atoms with Gasteiger partial charge in [-0.1, -0.05) is 66.7 Å². The normalized spacial score (nSPS) is 10.3. The van der Waals surface area contributed by atoms with Crippen LogP contribution < -0.4 is 0 Å². The SMILES string of the molecule is C(=Cc1ccccc1-c1cn[nH]n1)c1ccccc1.c1cn[nH]n1. The first kappa shape index (κ1) is 15.4. The molecule has 118 valence electrons. The molecule has 4 aromatic rings. The minimum absolute atomic E-state index is 0.855. The van der Waals surface area contributed by atoms with Gasteiger partial charge in [0.15, 0.2) is 0 Å². The molecule has 24 heavy (non-hydrogen) atoms. The molecule has 0 amide bonds. The van der Waals surface area contributed by atoms with Crippen LogP contribution in [0.3, 0.4) is 0 Å². The molecule has 0 aliphatic rings. The number of hydrogen-bond acceptors (Lipinski definition) is 4. The summed E-state index contributed by atoms with van der Waals surface area (Å²) in [5.41, 5.74) is 4.23. The maximum Gasteiger partial charge on any atom is 0.113 e. The van der Waals surface area contributed by atoms with E-state index in [0.717, 1.165) is 16.8 Å². The van der Waals surface area contributed by atoms with Crippen LogP contribution in [0.1, 0.15) is 11.1 Å². The maximum atomic E-state index is 4.13. The number of nitrogens with one attached hydrogen (secondary N) is 2. The summed E-state index contributed by atoms with van der Waals surface area (Å²) >= 11 is 0. The Morgan fingerprint density at radius 1 is 0.708 bits per heavy atom. The summed E-state index contributed by atoms with van der Waals surface area (Å²) in [5, 5.41) is 20.0. The first-order chi connectivity index (χ1) is 11.9. The standard InChI is InChI=1S/C16H13N3.C2H3N3/c1-2-6-13(7-3-1)10-11-14-8-4-5-9-15(14)16-12-17-19-18-16;1-2-4-5-3-1/h1-12H,(H,17,18,19);1-2H,(H,3,4,5). The summed E-state index contributed by atoms with van der Waals surface area (Å²) in [4.78, 5) is 0. The fourth-order valence-corrected chi connectivity index (χ4v) is 2.12. The fourth-order valence-electron chi connectivity index (χ4n) is 2.12. The Morgan fingerprint density at radius 2 is 1.46 bits per heavy atom. The zero-order chi connectivity index (χ0) is 16.5. The number of rotatable bonds is 3. The summed E-state index contributed by atoms with van der Waals surface area (Å²) in [6.07, 6.45) is 9.09. The summed E-state index contributed by atoms with van der Waals surface area (Å²) < 4.78 is 0. The van der Waals surface area contributed by atoms with Gasteiger partial charge >= 0.3 is 0 Å². The second kappa shape index (κ2) is 8.19. The van der Waals surface area contributed by atoms with Crippen molar-refractivity contribution < 1.29 is 0 Å². The highest BCUT2D eigenvalue weighted by Gasteiger charge is 2.04. The Morgan fingerprint density at radius 3 is 2.12 bits per heavy atom. The van der Waals surface area contributed by atoms with Crippen LogP contribution in [0.2, 0.25) is 0 Å². The van der Waals surface area contributed by atoms with Crippen molar-refractivity contribution in [3.8, 4) is 11.3 Å². The minimum Gasteiger partial charge on any atom is -0.198 e. The molecule has 2 heterocycles. The third-order valence-electron chi connectivity index (χ3n) is 3.24. The lowest BCUT2D eigenvalue weighted by atomic mass is 10.0. The molecule has 0 fully saturated rings. The first-order valence-corrected chi connectivity index (χ1v) is 7.41. The Kier molecular flexibility index (Phi) is 5.24. The predicted octanol–water partition coefficient (Wildman–Crippen LogP) is 3.45. The van der Waals surface area contributed by atoms with Crippen LogP contribution in [0.25, 0.3) is 23.4 Å². The van der Waals surface area contributed by atoms with Gasteiger partial charge in [0.05, 0.1) is 18.6 Å². The lowest BCUT2D eigenvalue weighted by Gasteiger charge is -2.01. The van der Waals surface area contributed by atoms with Crippen LogP contribution in [0.4, 0.5) is 0 Å². The topological polar surface area (TPSA) is 83.1 Å². The molecule has 6 heteroatoms. The molecule has 0 unspecified atom stereocenters. The summed E-state index contributed by atoms with van der Waals surface area (Å²) in [6.45, 7) is 0. The maximum absolute atomic E-state index is 4.13. The van der Waals surface area contributed by atoms with Crippen LogP contribution in [-0.2, 0) is 0 Å². The largest absolute Gasteiger partial charge is 0.198 e. The van der Waals surface area contributed by atoms with E-state index < -0.39 is 0 Å². The number of aromatic amines is 2. The van der Waals surface area contributed by atoms with Crippen LogP contribution in [0.15, 0.2) is 73.2 Å². The van der Waals surface area contributed by atoms with Gasteiger partial charge in [0.1, 0.15) is 5.69 Å². The van der Waals surface area contributed by atoms with E-state index in [1.54, 1.807) is 18.6 Å². The molecule has 0 bridgehead atoms. The average molecular weight is 316 g/mol. The zero-order valence-electron chi connectivity index (χ0n) is 12.9. The van der Waals surface area contributed by atoms with Gasteiger partial charge in [0.2, 0.25) is 0 Å². The summed E-state index contributed by atoms with van der Waals surface area (Å²) in [5.74, 6) is 0. The van der Waals surface area contributed by atoms with E-state index >= 15 is 0 Å². The van der Waals surface area contributed by atoms with Gasteiger partial charge in [-0.25, -0.2) is 0 Å². The van der Waals surface area contributed by atoms with Crippen LogP contribution in [0, 0.1) is 0 Å². The zero-order valence-corrected chi connectivity index (χ0v) is 12.9. The van der Waals surface area contributed by atoms with E-state index in [4.69, 9.17) is 0 Å². The van der Waals surface area contributed by atoms with Gasteiger partial charge in [0, 0.05) is 5.56 Å². The third kappa shape index (κ3) is 4.23. The van der Waals surface area contributed by atoms with Crippen molar-refractivity contribution >= 4 is 12.2 Å². The van der Waals surface area contributed by atoms with Gasteiger partial charge in [-0.05, 0) is 11.1 Å². The van der Waals surface area contributed by atoms with E-state index in [2.05, 4.69) is 61.2 Å². The second-order valence-corrected chi connectivity index (χ2v) is 4.84. The molecule has 2 aromatic heterocycles. The smallest absolute Gasteiger partial charge is 0.113 e. The molecule has 0 saturated carbocycles. The number of aromatic nitrogens is 6. The lowest BCUT2D eigenvalue weighted by molar-refractivity contribution is 0.940. The molecule has 4 rings (SSSR count). The third-order valence-corrected chi connectivity index (χ3v) is 3.24. The number of benzene rings is 2. The van der Waals surface area contributed by atoms with E-state index in [1.165, 1.54) is 5.56 Å². The van der Waals surface area contributed by atoms with Gasteiger partial charge in [-0.2, -0.15) is 30.8 Å². The highest BCUT2D eigenvalue weighted by molar-refractivity contribution is 5.79. The van der Waals surface area contributed by atoms with Gasteiger partial charge in [0.25, 0.3) is 0 Å². The monoisotopic (exact) mass is 316 g/mol. The van der Waals surface area contributed by atoms with E-state index in [0.29, 0.717) is 0 Å². The first-order valence-electron chi connectivity index (χ1n) is 7.41. The quantitative estimate of drug-likeness (QED) is 0.567. The number of hydrogen-bond donors (Lipinski definition) is 2. The molecular formula is C18H16N6. The molecule has 0 saturated heterocycles. The van der Waals surface area contributed by atoms with Crippen molar-refractivity contribution in [2.75, 3.05) is 0 Å². The van der Waals surface area contributed by atoms with Crippen LogP contribution in [0.5, 0.6) is 0 Å². The van der Waals surface area contributed by atoms with Gasteiger partial charge < -0.3 is 0 Å². The van der Waals surface area contributed by atoms with Crippen molar-refractivity contribution in [2.24, 2.45) is 0 Å². The Hall–Kier alpha value is -3.54. The Labute approximate surface area is 139 Å².